The van der Waals surface area contributed by atoms with Crippen LogP contribution < -0.4 is 10.5 Å². The summed E-state index contributed by atoms with van der Waals surface area (Å²) in [5, 5.41) is 0. The van der Waals surface area contributed by atoms with Crippen LogP contribution in [0.3, 0.4) is 0 Å². The van der Waals surface area contributed by atoms with E-state index in [1.165, 1.54) is 0 Å². The molecular formula is C11H8Br3NOS. The van der Waals surface area contributed by atoms with Gasteiger partial charge in [-0.05, 0) is 72.1 Å². The Morgan fingerprint density at radius 3 is 2.29 bits per heavy atom. The number of hydrogen-bond donors (Lipinski definition) is 1. The number of halogens is 3. The molecule has 0 atom stereocenters. The van der Waals surface area contributed by atoms with Gasteiger partial charge in [0.15, 0.2) is 0 Å². The molecular weight excluding hydrogens is 434 g/mol. The molecule has 0 bridgehead atoms. The lowest BCUT2D eigenvalue weighted by Gasteiger charge is -2.10. The van der Waals surface area contributed by atoms with Crippen LogP contribution >= 0.6 is 59.1 Å². The molecule has 0 saturated carbocycles. The first-order valence-corrected chi connectivity index (χ1v) is 7.87. The number of ether oxygens (including phenoxy) is 1. The van der Waals surface area contributed by atoms with Crippen molar-refractivity contribution >= 4 is 64.8 Å². The molecule has 2 rings (SSSR count). The summed E-state index contributed by atoms with van der Waals surface area (Å²) in [6, 6.07) is 7.69. The molecule has 0 spiro atoms. The lowest BCUT2D eigenvalue weighted by Crippen LogP contribution is -1.96. The monoisotopic (exact) mass is 439 g/mol. The first kappa shape index (κ1) is 13.4. The summed E-state index contributed by atoms with van der Waals surface area (Å²) in [6.45, 7) is 0.539. The molecule has 0 aliphatic carbocycles. The summed E-state index contributed by atoms with van der Waals surface area (Å²) in [6.07, 6.45) is 0. The third-order valence-electron chi connectivity index (χ3n) is 2.01. The van der Waals surface area contributed by atoms with Gasteiger partial charge in [-0.2, -0.15) is 0 Å². The molecule has 90 valence electrons. The molecule has 17 heavy (non-hydrogen) atoms. The van der Waals surface area contributed by atoms with Gasteiger partial charge in [0, 0.05) is 10.6 Å². The van der Waals surface area contributed by atoms with Crippen LogP contribution in [0.5, 0.6) is 5.75 Å². The molecule has 0 amide bonds. The van der Waals surface area contributed by atoms with Crippen molar-refractivity contribution in [3.8, 4) is 5.75 Å². The van der Waals surface area contributed by atoms with Gasteiger partial charge in [0.25, 0.3) is 0 Å². The highest BCUT2D eigenvalue weighted by Crippen LogP contribution is 2.36. The fourth-order valence-corrected chi connectivity index (χ4v) is 4.14. The van der Waals surface area contributed by atoms with Gasteiger partial charge in [0.1, 0.15) is 12.4 Å². The molecule has 2 N–H and O–H groups in total. The van der Waals surface area contributed by atoms with Crippen LogP contribution in [-0.4, -0.2) is 0 Å². The van der Waals surface area contributed by atoms with E-state index in [1.807, 2.05) is 24.3 Å². The zero-order valence-corrected chi connectivity index (χ0v) is 14.1. The number of nitrogens with two attached hydrogens (primary N) is 1. The normalized spacial score (nSPS) is 10.5. The van der Waals surface area contributed by atoms with E-state index in [2.05, 4.69) is 47.8 Å². The van der Waals surface area contributed by atoms with Gasteiger partial charge >= 0.3 is 0 Å². The molecule has 6 heteroatoms. The van der Waals surface area contributed by atoms with Crippen molar-refractivity contribution in [1.29, 1.82) is 0 Å². The third-order valence-corrected chi connectivity index (χ3v) is 4.78. The van der Waals surface area contributed by atoms with Gasteiger partial charge in [-0.15, -0.1) is 11.3 Å². The number of nitrogen functional groups attached to an aromatic ring is 1. The Hall–Kier alpha value is -0.0400. The third kappa shape index (κ3) is 3.47. The van der Waals surface area contributed by atoms with Crippen molar-refractivity contribution in [3.05, 3.63) is 41.9 Å². The van der Waals surface area contributed by atoms with Crippen LogP contribution in [0.2, 0.25) is 0 Å². The predicted molar refractivity (Wildman–Crippen MR) is 82.6 cm³/mol. The van der Waals surface area contributed by atoms with Crippen LogP contribution in [-0.2, 0) is 6.61 Å². The largest absolute Gasteiger partial charge is 0.486 e. The minimum absolute atomic E-state index is 0.539. The van der Waals surface area contributed by atoms with Crippen molar-refractivity contribution < 1.29 is 4.74 Å². The predicted octanol–water partition coefficient (Wildman–Crippen LogP) is 5.20. The lowest BCUT2D eigenvalue weighted by molar-refractivity contribution is 0.306. The van der Waals surface area contributed by atoms with Gasteiger partial charge < -0.3 is 10.5 Å². The maximum atomic E-state index is 5.76. The minimum atomic E-state index is 0.539. The quantitative estimate of drug-likeness (QED) is 0.664. The molecule has 0 aliphatic heterocycles. The summed E-state index contributed by atoms with van der Waals surface area (Å²) in [4.78, 5) is 1.16. The maximum absolute atomic E-state index is 5.76. The Morgan fingerprint density at radius 1 is 1.12 bits per heavy atom. The van der Waals surface area contributed by atoms with Crippen molar-refractivity contribution in [2.75, 3.05) is 5.73 Å². The average molecular weight is 442 g/mol. The Morgan fingerprint density at radius 2 is 1.76 bits per heavy atom. The Balaban J connectivity index is 2.14. The van der Waals surface area contributed by atoms with Gasteiger partial charge in [-0.1, -0.05) is 0 Å². The molecule has 0 unspecified atom stereocenters. The van der Waals surface area contributed by atoms with Crippen molar-refractivity contribution in [3.63, 3.8) is 0 Å². The molecule has 2 aromatic rings. The first-order chi connectivity index (χ1) is 8.06. The maximum Gasteiger partial charge on any atom is 0.148 e. The highest BCUT2D eigenvalue weighted by atomic mass is 79.9. The summed E-state index contributed by atoms with van der Waals surface area (Å²) < 4.78 is 8.56. The smallest absolute Gasteiger partial charge is 0.148 e. The molecule has 1 aromatic carbocycles. The number of anilines is 1. The second-order valence-corrected chi connectivity index (χ2v) is 7.56. The van der Waals surface area contributed by atoms with Crippen LogP contribution in [0, 0.1) is 0 Å². The lowest BCUT2D eigenvalue weighted by atomic mass is 10.3. The second kappa shape index (κ2) is 5.73. The van der Waals surface area contributed by atoms with E-state index in [4.69, 9.17) is 10.5 Å². The molecule has 0 aliphatic rings. The van der Waals surface area contributed by atoms with Gasteiger partial charge in [-0.25, -0.2) is 0 Å². The molecule has 0 radical (unpaired) electrons. The van der Waals surface area contributed by atoms with Crippen molar-refractivity contribution in [2.24, 2.45) is 0 Å². The Labute approximate surface area is 129 Å². The highest BCUT2D eigenvalue weighted by molar-refractivity contribution is 9.11. The zero-order valence-electron chi connectivity index (χ0n) is 8.54. The number of thiophene rings is 1. The summed E-state index contributed by atoms with van der Waals surface area (Å²) in [7, 11) is 0. The van der Waals surface area contributed by atoms with E-state index in [0.717, 1.165) is 23.4 Å². The van der Waals surface area contributed by atoms with Gasteiger partial charge in [-0.3, -0.25) is 0 Å². The molecule has 0 saturated heterocycles. The SMILES string of the molecule is Nc1cc(Br)c(OCc2ccc(Br)s2)c(Br)c1. The summed E-state index contributed by atoms with van der Waals surface area (Å²) in [5.41, 5.74) is 6.41. The molecule has 0 fully saturated rings. The van der Waals surface area contributed by atoms with Crippen molar-refractivity contribution in [2.45, 2.75) is 6.61 Å². The van der Waals surface area contributed by atoms with Crippen LogP contribution in [0.15, 0.2) is 37.0 Å². The van der Waals surface area contributed by atoms with E-state index >= 15 is 0 Å². The van der Waals surface area contributed by atoms with Crippen LogP contribution in [0.1, 0.15) is 4.88 Å². The van der Waals surface area contributed by atoms with E-state index in [1.54, 1.807) is 11.3 Å². The van der Waals surface area contributed by atoms with Crippen LogP contribution in [0.25, 0.3) is 0 Å². The summed E-state index contributed by atoms with van der Waals surface area (Å²) >= 11 is 12.0. The second-order valence-electron chi connectivity index (χ2n) is 3.31. The van der Waals surface area contributed by atoms with E-state index in [-0.39, 0.29) is 0 Å². The van der Waals surface area contributed by atoms with E-state index in [0.29, 0.717) is 12.3 Å². The first-order valence-electron chi connectivity index (χ1n) is 4.68. The minimum Gasteiger partial charge on any atom is -0.486 e. The topological polar surface area (TPSA) is 35.2 Å². The molecule has 1 aromatic heterocycles. The summed E-state index contributed by atoms with van der Waals surface area (Å²) in [5.74, 6) is 0.767. The fourth-order valence-electron chi connectivity index (χ4n) is 1.29. The van der Waals surface area contributed by atoms with Crippen LogP contribution in [0.4, 0.5) is 5.69 Å². The fraction of sp³-hybridized carbons (Fsp3) is 0.0909. The Kier molecular flexibility index (Phi) is 4.52. The van der Waals surface area contributed by atoms with Gasteiger partial charge in [0.2, 0.25) is 0 Å². The highest BCUT2D eigenvalue weighted by Gasteiger charge is 2.08. The average Bonchev–Trinajstić information content (AvgIpc) is 2.62. The molecule has 1 heterocycles. The van der Waals surface area contributed by atoms with E-state index in [9.17, 15) is 0 Å². The van der Waals surface area contributed by atoms with Crippen molar-refractivity contribution in [1.82, 2.24) is 0 Å². The zero-order chi connectivity index (χ0) is 12.4. The Bertz CT molecular complexity index is 518. The number of benzene rings is 1. The van der Waals surface area contributed by atoms with E-state index < -0.39 is 0 Å². The van der Waals surface area contributed by atoms with Gasteiger partial charge in [0.05, 0.1) is 12.7 Å². The number of rotatable bonds is 3. The standard InChI is InChI=1S/C11H8Br3NOS/c12-8-3-6(15)4-9(13)11(8)16-5-7-1-2-10(14)17-7/h1-4H,5,15H2. The number of hydrogen-bond acceptors (Lipinski definition) is 3. The molecule has 2 nitrogen and oxygen atoms in total.